The fraction of sp³-hybridized carbons (Fsp3) is 0.435. The normalized spacial score (nSPS) is 16.0. The summed E-state index contributed by atoms with van der Waals surface area (Å²) in [5.41, 5.74) is 6.12. The predicted molar refractivity (Wildman–Crippen MR) is 129 cm³/mol. The number of benzene rings is 1. The Balaban J connectivity index is 1.72. The maximum absolute atomic E-state index is 13.3. The molecule has 1 aromatic carbocycles. The van der Waals surface area contributed by atoms with Crippen LogP contribution in [0.5, 0.6) is 0 Å². The second-order valence-electron chi connectivity index (χ2n) is 8.87. The standard InChI is InChI=1S/C23H29F3N8/c1-14(15-9-16(23(24,25)26)11-17(27)10-15)29-21-18-12-20(34-7-5-33(4)6-8-34)28-13-19(18)30-22(31-21)32(2)3/h9-14H,5-8,27H2,1-4H3,(H,29,30,31)/t14-/m1/s1. The lowest BCUT2D eigenvalue weighted by Crippen LogP contribution is -2.44. The van der Waals surface area contributed by atoms with E-state index in [2.05, 4.69) is 37.1 Å². The number of pyridine rings is 1. The van der Waals surface area contributed by atoms with Crippen LogP contribution in [0.1, 0.15) is 24.1 Å². The second-order valence-corrected chi connectivity index (χ2v) is 8.87. The molecule has 0 spiro atoms. The van der Waals surface area contributed by atoms with Crippen molar-refractivity contribution in [1.82, 2.24) is 19.9 Å². The summed E-state index contributed by atoms with van der Waals surface area (Å²) in [7, 11) is 5.74. The van der Waals surface area contributed by atoms with Crippen LogP contribution in [0.15, 0.2) is 30.5 Å². The third-order valence-corrected chi connectivity index (χ3v) is 5.94. The van der Waals surface area contributed by atoms with Crippen LogP contribution in [0.4, 0.5) is 36.4 Å². The molecule has 3 heterocycles. The Hall–Kier alpha value is -3.34. The highest BCUT2D eigenvalue weighted by Gasteiger charge is 2.31. The number of aromatic nitrogens is 3. The Morgan fingerprint density at radius 3 is 2.41 bits per heavy atom. The number of rotatable bonds is 5. The van der Waals surface area contributed by atoms with E-state index in [0.29, 0.717) is 22.8 Å². The summed E-state index contributed by atoms with van der Waals surface area (Å²) >= 11 is 0. The van der Waals surface area contributed by atoms with Crippen molar-refractivity contribution in [3.63, 3.8) is 0 Å². The Morgan fingerprint density at radius 2 is 1.76 bits per heavy atom. The van der Waals surface area contributed by atoms with Crippen LogP contribution in [0.25, 0.3) is 10.9 Å². The molecule has 3 aromatic rings. The summed E-state index contributed by atoms with van der Waals surface area (Å²) in [6, 6.07) is 5.05. The number of nitrogen functional groups attached to an aromatic ring is 1. The van der Waals surface area contributed by atoms with Crippen molar-refractivity contribution in [2.24, 2.45) is 0 Å². The van der Waals surface area contributed by atoms with Crippen LogP contribution >= 0.6 is 0 Å². The average Bonchev–Trinajstić information content (AvgIpc) is 2.78. The highest BCUT2D eigenvalue weighted by molar-refractivity contribution is 5.91. The minimum atomic E-state index is -4.48. The summed E-state index contributed by atoms with van der Waals surface area (Å²) in [4.78, 5) is 20.1. The van der Waals surface area contributed by atoms with E-state index in [4.69, 9.17) is 5.73 Å². The smallest absolute Gasteiger partial charge is 0.399 e. The molecule has 3 N–H and O–H groups in total. The number of piperazine rings is 1. The number of nitrogens with two attached hydrogens (primary N) is 1. The first-order chi connectivity index (χ1) is 16.0. The molecule has 0 amide bonds. The summed E-state index contributed by atoms with van der Waals surface area (Å²) in [5, 5.41) is 4.04. The van der Waals surface area contributed by atoms with Gasteiger partial charge in [0.1, 0.15) is 11.6 Å². The molecule has 0 radical (unpaired) electrons. The number of hydrogen-bond acceptors (Lipinski definition) is 8. The van der Waals surface area contributed by atoms with Gasteiger partial charge < -0.3 is 25.8 Å². The molecular formula is C23H29F3N8. The molecule has 0 bridgehead atoms. The lowest BCUT2D eigenvalue weighted by molar-refractivity contribution is -0.137. The maximum Gasteiger partial charge on any atom is 0.416 e. The van der Waals surface area contributed by atoms with Crippen molar-refractivity contribution in [2.45, 2.75) is 19.1 Å². The average molecular weight is 475 g/mol. The van der Waals surface area contributed by atoms with E-state index in [0.717, 1.165) is 49.5 Å². The first kappa shape index (κ1) is 23.8. The van der Waals surface area contributed by atoms with Gasteiger partial charge in [0, 0.05) is 51.3 Å². The molecule has 1 aliphatic heterocycles. The molecule has 1 saturated heterocycles. The van der Waals surface area contributed by atoms with E-state index in [1.54, 1.807) is 24.1 Å². The van der Waals surface area contributed by atoms with Crippen molar-refractivity contribution in [3.05, 3.63) is 41.6 Å². The van der Waals surface area contributed by atoms with Crippen LogP contribution in [0.3, 0.4) is 0 Å². The van der Waals surface area contributed by atoms with Gasteiger partial charge in [-0.25, -0.2) is 9.97 Å². The van der Waals surface area contributed by atoms with Gasteiger partial charge >= 0.3 is 6.18 Å². The van der Waals surface area contributed by atoms with E-state index in [-0.39, 0.29) is 5.69 Å². The summed E-state index contributed by atoms with van der Waals surface area (Å²) in [5.74, 6) is 1.82. The fourth-order valence-electron chi connectivity index (χ4n) is 3.91. The molecule has 34 heavy (non-hydrogen) atoms. The molecule has 8 nitrogen and oxygen atoms in total. The van der Waals surface area contributed by atoms with E-state index in [1.165, 1.54) is 0 Å². The molecule has 182 valence electrons. The van der Waals surface area contributed by atoms with Gasteiger partial charge in [-0.3, -0.25) is 0 Å². The number of anilines is 4. The SMILES string of the molecule is C[C@@H](Nc1nc(N(C)C)nc2cnc(N3CCN(C)CC3)cc12)c1cc(N)cc(C(F)(F)F)c1. The zero-order chi connectivity index (χ0) is 24.6. The highest BCUT2D eigenvalue weighted by atomic mass is 19.4. The zero-order valence-corrected chi connectivity index (χ0v) is 19.7. The number of nitrogens with one attached hydrogen (secondary N) is 1. The third-order valence-electron chi connectivity index (χ3n) is 5.94. The van der Waals surface area contributed by atoms with Crippen LogP contribution < -0.4 is 20.9 Å². The molecule has 2 aromatic heterocycles. The van der Waals surface area contributed by atoms with Gasteiger partial charge in [0.25, 0.3) is 0 Å². The van der Waals surface area contributed by atoms with Gasteiger partial charge in [0.05, 0.1) is 23.3 Å². The van der Waals surface area contributed by atoms with Gasteiger partial charge in [0.15, 0.2) is 0 Å². The summed E-state index contributed by atoms with van der Waals surface area (Å²) < 4.78 is 40.0. The molecule has 1 fully saturated rings. The molecule has 0 saturated carbocycles. The molecular weight excluding hydrogens is 445 g/mol. The Labute approximate surface area is 196 Å². The Morgan fingerprint density at radius 1 is 1.06 bits per heavy atom. The number of halogens is 3. The molecule has 0 aliphatic carbocycles. The molecule has 0 unspecified atom stereocenters. The van der Waals surface area contributed by atoms with Crippen molar-refractivity contribution in [2.75, 3.05) is 68.2 Å². The third kappa shape index (κ3) is 5.09. The minimum absolute atomic E-state index is 0.0570. The predicted octanol–water partition coefficient (Wildman–Crippen LogP) is 3.62. The van der Waals surface area contributed by atoms with Crippen LogP contribution in [0.2, 0.25) is 0 Å². The molecule has 1 aliphatic rings. The van der Waals surface area contributed by atoms with E-state index >= 15 is 0 Å². The van der Waals surface area contributed by atoms with Gasteiger partial charge in [0.2, 0.25) is 5.95 Å². The van der Waals surface area contributed by atoms with E-state index in [1.807, 2.05) is 20.2 Å². The zero-order valence-electron chi connectivity index (χ0n) is 19.7. The largest absolute Gasteiger partial charge is 0.416 e. The summed E-state index contributed by atoms with van der Waals surface area (Å²) in [6.45, 7) is 5.37. The Bertz CT molecular complexity index is 1170. The van der Waals surface area contributed by atoms with Gasteiger partial charge in [-0.15, -0.1) is 0 Å². The van der Waals surface area contributed by atoms with Crippen molar-refractivity contribution in [3.8, 4) is 0 Å². The van der Waals surface area contributed by atoms with Crippen molar-refractivity contribution in [1.29, 1.82) is 0 Å². The van der Waals surface area contributed by atoms with Crippen LogP contribution in [-0.4, -0.2) is 67.2 Å². The molecule has 11 heteroatoms. The van der Waals surface area contributed by atoms with Crippen LogP contribution in [0, 0.1) is 0 Å². The topological polar surface area (TPSA) is 86.4 Å². The van der Waals surface area contributed by atoms with Gasteiger partial charge in [-0.05, 0) is 43.8 Å². The minimum Gasteiger partial charge on any atom is -0.399 e. The fourth-order valence-corrected chi connectivity index (χ4v) is 3.91. The Kier molecular flexibility index (Phi) is 6.39. The van der Waals surface area contributed by atoms with E-state index < -0.39 is 17.8 Å². The lowest BCUT2D eigenvalue weighted by Gasteiger charge is -2.33. The van der Waals surface area contributed by atoms with Gasteiger partial charge in [-0.1, -0.05) is 0 Å². The summed E-state index contributed by atoms with van der Waals surface area (Å²) in [6.07, 6.45) is -2.76. The first-order valence-electron chi connectivity index (χ1n) is 11.0. The van der Waals surface area contributed by atoms with Crippen molar-refractivity contribution < 1.29 is 13.2 Å². The van der Waals surface area contributed by atoms with Crippen molar-refractivity contribution >= 4 is 34.2 Å². The number of hydrogen-bond donors (Lipinski definition) is 2. The quantitative estimate of drug-likeness (QED) is 0.543. The second kappa shape index (κ2) is 9.13. The monoisotopic (exact) mass is 474 g/mol. The van der Waals surface area contributed by atoms with Crippen LogP contribution in [-0.2, 0) is 6.18 Å². The maximum atomic E-state index is 13.3. The lowest BCUT2D eigenvalue weighted by atomic mass is 10.0. The highest BCUT2D eigenvalue weighted by Crippen LogP contribution is 2.34. The number of alkyl halides is 3. The number of likely N-dealkylation sites (N-methyl/N-ethyl adjacent to an activating group) is 1. The molecule has 1 atom stereocenters. The number of nitrogens with zero attached hydrogens (tertiary/aromatic N) is 6. The van der Waals surface area contributed by atoms with Gasteiger partial charge in [-0.2, -0.15) is 18.2 Å². The first-order valence-corrected chi connectivity index (χ1v) is 11.0. The molecule has 4 rings (SSSR count). The van der Waals surface area contributed by atoms with E-state index in [9.17, 15) is 13.2 Å². The number of fused-ring (bicyclic) bond motifs is 1.